The van der Waals surface area contributed by atoms with E-state index >= 15 is 0 Å². The summed E-state index contributed by atoms with van der Waals surface area (Å²) in [5.41, 5.74) is -2.43. The second kappa shape index (κ2) is 12.5. The third-order valence-corrected chi connectivity index (χ3v) is 5.23. The number of rotatable bonds is 9. The highest BCUT2D eigenvalue weighted by molar-refractivity contribution is 6.31. The van der Waals surface area contributed by atoms with Gasteiger partial charge in [0.15, 0.2) is 30.3 Å². The van der Waals surface area contributed by atoms with Crippen LogP contribution in [-0.4, -0.2) is 82.3 Å². The lowest BCUT2D eigenvalue weighted by atomic mass is 9.97. The van der Waals surface area contributed by atoms with Crippen molar-refractivity contribution in [2.75, 3.05) is 17.8 Å². The third-order valence-electron chi connectivity index (χ3n) is 4.98. The van der Waals surface area contributed by atoms with Crippen LogP contribution in [0.3, 0.4) is 0 Å². The number of carbonyl (C=O) groups is 5. The van der Waals surface area contributed by atoms with Gasteiger partial charge in [0, 0.05) is 34.7 Å². The first-order valence-electron chi connectivity index (χ1n) is 10.8. The van der Waals surface area contributed by atoms with Gasteiger partial charge in [0.25, 0.3) is 5.56 Å². The minimum absolute atomic E-state index is 0.431. The molecule has 1 fully saturated rings. The van der Waals surface area contributed by atoms with Crippen LogP contribution in [0.4, 0.5) is 5.82 Å². The van der Waals surface area contributed by atoms with Gasteiger partial charge in [-0.3, -0.25) is 38.3 Å². The number of alkyl halides is 1. The zero-order chi connectivity index (χ0) is 28.0. The van der Waals surface area contributed by atoms with Gasteiger partial charge in [0.2, 0.25) is 0 Å². The lowest BCUT2D eigenvalue weighted by Crippen LogP contribution is -2.64. The van der Waals surface area contributed by atoms with E-state index in [2.05, 4.69) is 10.3 Å². The van der Waals surface area contributed by atoms with E-state index < -0.39 is 95.4 Å². The molecule has 1 aromatic rings. The molecule has 2 N–H and O–H groups in total. The van der Waals surface area contributed by atoms with E-state index in [1.165, 1.54) is 0 Å². The van der Waals surface area contributed by atoms with Crippen molar-refractivity contribution < 1.29 is 47.7 Å². The summed E-state index contributed by atoms with van der Waals surface area (Å²) < 4.78 is 27.3. The van der Waals surface area contributed by atoms with Gasteiger partial charge in [0.05, 0.1) is 5.88 Å². The summed E-state index contributed by atoms with van der Waals surface area (Å²) in [5, 5.41) is 2.60. The number of hydrogen-bond donors (Lipinski definition) is 2. The van der Waals surface area contributed by atoms with Crippen molar-refractivity contribution in [3.8, 4) is 0 Å². The number of ketones is 1. The lowest BCUT2D eigenvalue weighted by Gasteiger charge is -2.44. The molecule has 0 bridgehead atoms. The number of aromatic amines is 1. The van der Waals surface area contributed by atoms with Gasteiger partial charge < -0.3 is 29.0 Å². The quantitative estimate of drug-likeness (QED) is 0.165. The molecule has 1 aliphatic rings. The van der Waals surface area contributed by atoms with Gasteiger partial charge in [-0.1, -0.05) is 0 Å². The standard InChI is InChI=1S/C21H26ClN3O12/c1-8(26)33-7-13-15(34-9(2)27)16(35-10(3)28)17(36-11(4)29)19(37-13)23-18-14(12(30)6-22)20(31)25(5)21(32)24-18/h13,15-17,19,23H,6-7H2,1-5H3,(H,24,32). The van der Waals surface area contributed by atoms with Crippen molar-refractivity contribution in [3.63, 3.8) is 0 Å². The molecule has 37 heavy (non-hydrogen) atoms. The second-order valence-corrected chi connectivity index (χ2v) is 8.13. The molecule has 16 heteroatoms. The number of ether oxygens (including phenoxy) is 5. The van der Waals surface area contributed by atoms with Gasteiger partial charge in [-0.05, 0) is 0 Å². The van der Waals surface area contributed by atoms with E-state index in [9.17, 15) is 33.6 Å². The normalized spacial score (nSPS) is 22.9. The van der Waals surface area contributed by atoms with Gasteiger partial charge in [-0.15, -0.1) is 11.6 Å². The number of halogens is 1. The Hall–Kier alpha value is -3.72. The average Bonchev–Trinajstić information content (AvgIpc) is 2.79. The predicted molar refractivity (Wildman–Crippen MR) is 123 cm³/mol. The first kappa shape index (κ1) is 29.5. The van der Waals surface area contributed by atoms with E-state index in [1.54, 1.807) is 0 Å². The van der Waals surface area contributed by atoms with E-state index in [4.69, 9.17) is 35.3 Å². The number of Topliss-reactive ketones (excluding diaryl/α,β-unsaturated/α-hetero) is 1. The van der Waals surface area contributed by atoms with Crippen molar-refractivity contribution >= 4 is 47.1 Å². The minimum Gasteiger partial charge on any atom is -0.463 e. The maximum absolute atomic E-state index is 12.6. The second-order valence-electron chi connectivity index (χ2n) is 7.87. The van der Waals surface area contributed by atoms with Crippen LogP contribution in [0.25, 0.3) is 0 Å². The Balaban J connectivity index is 2.67. The van der Waals surface area contributed by atoms with Gasteiger partial charge >= 0.3 is 29.6 Å². The SMILES string of the molecule is CC(=O)OCC1OC(Nc2[nH]c(=O)n(C)c(=O)c2C(=O)CCl)C(OC(C)=O)C(OC(C)=O)C1OC(C)=O. The molecule has 1 saturated heterocycles. The molecule has 5 atom stereocenters. The molecular formula is C21H26ClN3O12. The number of aromatic nitrogens is 2. The number of anilines is 1. The van der Waals surface area contributed by atoms with Crippen LogP contribution in [0, 0.1) is 0 Å². The van der Waals surface area contributed by atoms with Crippen LogP contribution in [0.15, 0.2) is 9.59 Å². The topological polar surface area (TPSA) is 198 Å². The van der Waals surface area contributed by atoms with Gasteiger partial charge in [0.1, 0.15) is 24.1 Å². The Morgan fingerprint density at radius 1 is 0.919 bits per heavy atom. The molecule has 2 heterocycles. The zero-order valence-corrected chi connectivity index (χ0v) is 21.3. The van der Waals surface area contributed by atoms with Gasteiger partial charge in [-0.25, -0.2) is 4.79 Å². The molecule has 1 aromatic heterocycles. The average molecular weight is 548 g/mol. The van der Waals surface area contributed by atoms with E-state index in [1.807, 2.05) is 0 Å². The smallest absolute Gasteiger partial charge is 0.329 e. The number of esters is 4. The first-order chi connectivity index (χ1) is 17.3. The van der Waals surface area contributed by atoms with Crippen molar-refractivity contribution in [1.82, 2.24) is 9.55 Å². The van der Waals surface area contributed by atoms with E-state index in [-0.39, 0.29) is 0 Å². The summed E-state index contributed by atoms with van der Waals surface area (Å²) in [4.78, 5) is 86.7. The highest BCUT2D eigenvalue weighted by Gasteiger charge is 2.52. The molecule has 0 amide bonds. The Kier molecular flexibility index (Phi) is 9.96. The molecule has 1 aliphatic heterocycles. The van der Waals surface area contributed by atoms with E-state index in [0.717, 1.165) is 34.7 Å². The van der Waals surface area contributed by atoms with Crippen molar-refractivity contribution in [3.05, 3.63) is 26.4 Å². The minimum atomic E-state index is -1.55. The summed E-state index contributed by atoms with van der Waals surface area (Å²) in [6, 6.07) is 0. The first-order valence-corrected chi connectivity index (χ1v) is 11.3. The van der Waals surface area contributed by atoms with E-state index in [0.29, 0.717) is 4.57 Å². The van der Waals surface area contributed by atoms with Crippen LogP contribution in [0.2, 0.25) is 0 Å². The molecule has 2 rings (SSSR count). The zero-order valence-electron chi connectivity index (χ0n) is 20.5. The third kappa shape index (κ3) is 7.39. The molecule has 5 unspecified atom stereocenters. The Morgan fingerprint density at radius 2 is 1.46 bits per heavy atom. The summed E-state index contributed by atoms with van der Waals surface area (Å²) in [6.07, 6.45) is -7.32. The van der Waals surface area contributed by atoms with Crippen LogP contribution < -0.4 is 16.6 Å². The molecule has 15 nitrogen and oxygen atoms in total. The van der Waals surface area contributed by atoms with Crippen LogP contribution in [-0.2, 0) is 49.9 Å². The number of nitrogens with one attached hydrogen (secondary N) is 2. The van der Waals surface area contributed by atoms with Gasteiger partial charge in [-0.2, -0.15) is 0 Å². The molecule has 204 valence electrons. The molecule has 0 radical (unpaired) electrons. The van der Waals surface area contributed by atoms with Crippen LogP contribution in [0.5, 0.6) is 0 Å². The van der Waals surface area contributed by atoms with Crippen molar-refractivity contribution in [1.29, 1.82) is 0 Å². The summed E-state index contributed by atoms with van der Waals surface area (Å²) >= 11 is 5.63. The number of hydrogen-bond acceptors (Lipinski definition) is 13. The van der Waals surface area contributed by atoms with Crippen molar-refractivity contribution in [2.24, 2.45) is 7.05 Å². The maximum Gasteiger partial charge on any atom is 0.329 e. The number of nitrogens with zero attached hydrogens (tertiary/aromatic N) is 1. The Labute approximate surface area is 214 Å². The maximum atomic E-state index is 12.6. The predicted octanol–water partition coefficient (Wildman–Crippen LogP) is -1.01. The fourth-order valence-corrected chi connectivity index (χ4v) is 3.67. The largest absolute Gasteiger partial charge is 0.463 e. The number of H-pyrrole nitrogens is 1. The van der Waals surface area contributed by atoms with Crippen LogP contribution in [0.1, 0.15) is 38.1 Å². The Bertz CT molecular complexity index is 1190. The highest BCUT2D eigenvalue weighted by Crippen LogP contribution is 2.30. The Morgan fingerprint density at radius 3 is 1.97 bits per heavy atom. The monoisotopic (exact) mass is 547 g/mol. The lowest BCUT2D eigenvalue weighted by molar-refractivity contribution is -0.247. The number of carbonyl (C=O) groups excluding carboxylic acids is 5. The fourth-order valence-electron chi connectivity index (χ4n) is 3.54. The molecule has 0 aliphatic carbocycles. The fraction of sp³-hybridized carbons (Fsp3) is 0.571. The summed E-state index contributed by atoms with van der Waals surface area (Å²) in [5.74, 6) is -5.16. The summed E-state index contributed by atoms with van der Waals surface area (Å²) in [6.45, 7) is 3.75. The molecule has 0 aromatic carbocycles. The molecule has 0 saturated carbocycles. The van der Waals surface area contributed by atoms with Crippen LogP contribution >= 0.6 is 11.6 Å². The molecular weight excluding hydrogens is 522 g/mol. The highest BCUT2D eigenvalue weighted by atomic mass is 35.5. The summed E-state index contributed by atoms with van der Waals surface area (Å²) in [7, 11) is 1.13. The van der Waals surface area contributed by atoms with Crippen molar-refractivity contribution in [2.45, 2.75) is 58.3 Å². The molecule has 0 spiro atoms.